The van der Waals surface area contributed by atoms with Gasteiger partial charge in [0, 0.05) is 17.3 Å². The number of nitrogens with zero attached hydrogens (tertiary/aromatic N) is 5. The molecule has 11 heteroatoms. The van der Waals surface area contributed by atoms with Crippen molar-refractivity contribution in [1.29, 1.82) is 5.26 Å². The highest BCUT2D eigenvalue weighted by Gasteiger charge is 2.36. The number of aromatic nitrogens is 4. The van der Waals surface area contributed by atoms with Crippen LogP contribution in [0.4, 0.5) is 15.8 Å². The number of halogens is 2. The molecule has 0 amide bonds. The van der Waals surface area contributed by atoms with Crippen molar-refractivity contribution in [3.63, 3.8) is 0 Å². The van der Waals surface area contributed by atoms with Crippen LogP contribution >= 0.6 is 11.6 Å². The largest absolute Gasteiger partial charge is 0.378 e. The van der Waals surface area contributed by atoms with E-state index < -0.39 is 5.44 Å². The lowest BCUT2D eigenvalue weighted by Gasteiger charge is -2.40. The Kier molecular flexibility index (Phi) is 5.58. The Bertz CT molecular complexity index is 1550. The minimum absolute atomic E-state index is 0.292. The van der Waals surface area contributed by atoms with E-state index in [0.717, 1.165) is 18.4 Å². The Balaban J connectivity index is 1.47. The summed E-state index contributed by atoms with van der Waals surface area (Å²) in [5, 5.41) is 26.9. The first-order chi connectivity index (χ1) is 17.8. The molecule has 8 nitrogen and oxygen atoms in total. The summed E-state index contributed by atoms with van der Waals surface area (Å²) in [5.41, 5.74) is 2.73. The normalized spacial score (nSPS) is 18.0. The van der Waals surface area contributed by atoms with E-state index >= 15 is 0 Å². The molecule has 0 bridgehead atoms. The van der Waals surface area contributed by atoms with Crippen LogP contribution in [0.3, 0.4) is 0 Å². The van der Waals surface area contributed by atoms with E-state index in [2.05, 4.69) is 32.0 Å². The van der Waals surface area contributed by atoms with Gasteiger partial charge in [0.05, 0.1) is 58.2 Å². The van der Waals surface area contributed by atoms with E-state index in [1.165, 1.54) is 18.3 Å². The molecular weight excluding hydrogens is 492 g/mol. The standard InChI is InChI=1S/C26H24BClFN7O/c1-25(13-37-14-25)33-23-15(10-30)11-31-24-20(23)8-18(9-21(24)28)32-26(27,16-2-4-17(29)5-3-16)22-12-36(35-34-22)19-6-7-19/h2-5,8-9,11-12,19,32H,6-7,13-14,27H2,1H3,(H,31,33). The molecule has 1 aliphatic carbocycles. The second-order valence-corrected chi connectivity index (χ2v) is 10.7. The summed E-state index contributed by atoms with van der Waals surface area (Å²) < 4.78 is 21.1. The second kappa shape index (κ2) is 8.72. The zero-order valence-electron chi connectivity index (χ0n) is 20.4. The SMILES string of the molecule is BC(Nc1cc(Cl)c2ncc(C#N)c(NC3(C)COC3)c2c1)(c1ccc(F)cc1)c1cn(C2CC2)nn1. The van der Waals surface area contributed by atoms with Gasteiger partial charge in [-0.05, 0) is 49.6 Å². The molecule has 2 aliphatic rings. The monoisotopic (exact) mass is 515 g/mol. The van der Waals surface area contributed by atoms with Gasteiger partial charge in [-0.15, -0.1) is 5.10 Å². The molecule has 37 heavy (non-hydrogen) atoms. The lowest BCUT2D eigenvalue weighted by atomic mass is 9.69. The number of pyridine rings is 1. The lowest BCUT2D eigenvalue weighted by molar-refractivity contribution is -0.0317. The highest BCUT2D eigenvalue weighted by Crippen LogP contribution is 2.39. The van der Waals surface area contributed by atoms with Gasteiger partial charge in [0.2, 0.25) is 0 Å². The summed E-state index contributed by atoms with van der Waals surface area (Å²) in [5.74, 6) is -0.319. The summed E-state index contributed by atoms with van der Waals surface area (Å²) in [6.07, 6.45) is 5.64. The summed E-state index contributed by atoms with van der Waals surface area (Å²) in [7, 11) is 1.98. The summed E-state index contributed by atoms with van der Waals surface area (Å²) >= 11 is 6.72. The maximum atomic E-state index is 13.8. The molecule has 0 spiro atoms. The van der Waals surface area contributed by atoms with Crippen molar-refractivity contribution in [2.75, 3.05) is 23.8 Å². The fraction of sp³-hybridized carbons (Fsp3) is 0.308. The fourth-order valence-corrected chi connectivity index (χ4v) is 4.98. The van der Waals surface area contributed by atoms with Gasteiger partial charge in [-0.2, -0.15) is 5.26 Å². The van der Waals surface area contributed by atoms with Crippen molar-refractivity contribution in [2.45, 2.75) is 36.8 Å². The highest BCUT2D eigenvalue weighted by atomic mass is 35.5. The molecule has 1 unspecified atom stereocenters. The van der Waals surface area contributed by atoms with Crippen molar-refractivity contribution >= 4 is 41.7 Å². The number of hydrogen-bond acceptors (Lipinski definition) is 7. The molecule has 6 rings (SSSR count). The molecule has 2 N–H and O–H groups in total. The predicted octanol–water partition coefficient (Wildman–Crippen LogP) is 3.97. The Morgan fingerprint density at radius 2 is 2.03 bits per heavy atom. The van der Waals surface area contributed by atoms with Gasteiger partial charge in [-0.3, -0.25) is 4.98 Å². The molecule has 2 aromatic heterocycles. The Morgan fingerprint density at radius 1 is 1.27 bits per heavy atom. The first-order valence-electron chi connectivity index (χ1n) is 12.1. The number of fused-ring (bicyclic) bond motifs is 1. The second-order valence-electron chi connectivity index (χ2n) is 10.3. The Labute approximate surface area is 219 Å². The first kappa shape index (κ1) is 23.7. The van der Waals surface area contributed by atoms with Crippen LogP contribution in [0.15, 0.2) is 48.8 Å². The van der Waals surface area contributed by atoms with E-state index in [0.29, 0.717) is 57.8 Å². The number of anilines is 2. The van der Waals surface area contributed by atoms with Crippen molar-refractivity contribution in [1.82, 2.24) is 20.0 Å². The first-order valence-corrected chi connectivity index (χ1v) is 12.5. The van der Waals surface area contributed by atoms with Gasteiger partial charge in [0.25, 0.3) is 0 Å². The predicted molar refractivity (Wildman–Crippen MR) is 142 cm³/mol. The van der Waals surface area contributed by atoms with E-state index in [1.807, 2.05) is 31.7 Å². The average Bonchev–Trinajstić information content (AvgIpc) is 3.59. The Morgan fingerprint density at radius 3 is 2.68 bits per heavy atom. The summed E-state index contributed by atoms with van der Waals surface area (Å²) in [4.78, 5) is 4.46. The van der Waals surface area contributed by atoms with Crippen LogP contribution in [-0.2, 0) is 10.2 Å². The van der Waals surface area contributed by atoms with Gasteiger partial charge >= 0.3 is 0 Å². The zero-order chi connectivity index (χ0) is 25.8. The highest BCUT2D eigenvalue weighted by molar-refractivity contribution is 6.36. The average molecular weight is 516 g/mol. The third-order valence-electron chi connectivity index (χ3n) is 7.07. The number of rotatable bonds is 7. The van der Waals surface area contributed by atoms with Gasteiger partial charge in [0.1, 0.15) is 25.4 Å². The van der Waals surface area contributed by atoms with Crippen molar-refractivity contribution in [3.05, 3.63) is 76.5 Å². The minimum atomic E-state index is -0.848. The van der Waals surface area contributed by atoms with E-state index in [9.17, 15) is 9.65 Å². The molecule has 4 aromatic rings. The third kappa shape index (κ3) is 4.28. The summed E-state index contributed by atoms with van der Waals surface area (Å²) in [6.45, 7) is 3.11. The van der Waals surface area contributed by atoms with Crippen LogP contribution in [-0.4, -0.2) is 46.6 Å². The van der Waals surface area contributed by atoms with Crippen LogP contribution < -0.4 is 10.6 Å². The molecule has 1 atom stereocenters. The number of ether oxygens (including phenoxy) is 1. The number of nitrogens with one attached hydrogen (secondary N) is 2. The van der Waals surface area contributed by atoms with E-state index in [4.69, 9.17) is 16.3 Å². The molecule has 1 saturated carbocycles. The molecule has 1 saturated heterocycles. The number of benzene rings is 2. The maximum Gasteiger partial charge on any atom is 0.148 e. The lowest BCUT2D eigenvalue weighted by Crippen LogP contribution is -2.53. The van der Waals surface area contributed by atoms with Crippen LogP contribution in [0.1, 0.15) is 42.6 Å². The maximum absolute atomic E-state index is 13.8. The van der Waals surface area contributed by atoms with E-state index in [-0.39, 0.29) is 11.4 Å². The van der Waals surface area contributed by atoms with Gasteiger partial charge in [-0.25, -0.2) is 9.07 Å². The van der Waals surface area contributed by atoms with E-state index in [1.54, 1.807) is 18.2 Å². The third-order valence-corrected chi connectivity index (χ3v) is 7.36. The Hall–Kier alpha value is -3.68. The smallest absolute Gasteiger partial charge is 0.148 e. The number of hydrogen-bond donors (Lipinski definition) is 2. The van der Waals surface area contributed by atoms with Gasteiger partial charge < -0.3 is 15.4 Å². The molecule has 2 fully saturated rings. The molecule has 2 aromatic carbocycles. The molecule has 0 radical (unpaired) electrons. The topological polar surface area (TPSA) is 101 Å². The molecule has 186 valence electrons. The molecular formula is C26H24BClFN7O. The van der Waals surface area contributed by atoms with Crippen LogP contribution in [0, 0.1) is 17.1 Å². The fourth-order valence-electron chi connectivity index (χ4n) is 4.71. The van der Waals surface area contributed by atoms with Crippen LogP contribution in [0.2, 0.25) is 5.02 Å². The van der Waals surface area contributed by atoms with Gasteiger partial charge in [-0.1, -0.05) is 28.9 Å². The van der Waals surface area contributed by atoms with Crippen molar-refractivity contribution in [2.24, 2.45) is 0 Å². The zero-order valence-corrected chi connectivity index (χ0v) is 21.2. The summed E-state index contributed by atoms with van der Waals surface area (Å²) in [6, 6.07) is 12.7. The number of nitriles is 1. The quantitative estimate of drug-likeness (QED) is 0.359. The van der Waals surface area contributed by atoms with Crippen molar-refractivity contribution in [3.8, 4) is 6.07 Å². The molecule has 1 aliphatic heterocycles. The van der Waals surface area contributed by atoms with Crippen LogP contribution in [0.5, 0.6) is 0 Å². The van der Waals surface area contributed by atoms with Crippen molar-refractivity contribution < 1.29 is 9.13 Å². The van der Waals surface area contributed by atoms with Crippen LogP contribution in [0.25, 0.3) is 10.9 Å². The van der Waals surface area contributed by atoms with Gasteiger partial charge in [0.15, 0.2) is 0 Å². The molecule has 3 heterocycles. The minimum Gasteiger partial charge on any atom is -0.378 e.